The molecule has 1 aromatic rings. The molecule has 18 heavy (non-hydrogen) atoms. The van der Waals surface area contributed by atoms with E-state index in [1.54, 1.807) is 4.90 Å². The van der Waals surface area contributed by atoms with Crippen LogP contribution in [0.2, 0.25) is 0 Å². The molecule has 0 aliphatic carbocycles. The standard InChI is InChI=1S/C11H13N3O3S/c12-11-13(5-6-18-11)7-10(15)8-1-3-9(4-2-8)14(16)17/h1-4,12,14,16H,5-7H2. The van der Waals surface area contributed by atoms with Crippen LogP contribution in [-0.2, 0) is 0 Å². The largest absolute Gasteiger partial charge is 0.595 e. The van der Waals surface area contributed by atoms with Crippen LogP contribution in [0.25, 0.3) is 0 Å². The third-order valence-electron chi connectivity index (χ3n) is 2.68. The summed E-state index contributed by atoms with van der Waals surface area (Å²) in [7, 11) is 0. The molecule has 2 rings (SSSR count). The Morgan fingerprint density at radius 3 is 2.67 bits per heavy atom. The molecule has 96 valence electrons. The van der Waals surface area contributed by atoms with E-state index in [0.717, 1.165) is 5.75 Å². The van der Waals surface area contributed by atoms with Gasteiger partial charge in [-0.05, 0) is 12.1 Å². The molecule has 3 N–H and O–H groups in total. The summed E-state index contributed by atoms with van der Waals surface area (Å²) in [5.41, 5.74) is 0.640. The summed E-state index contributed by atoms with van der Waals surface area (Å²) in [5.74, 6) is 0.739. The van der Waals surface area contributed by atoms with Crippen LogP contribution >= 0.6 is 11.8 Å². The van der Waals surface area contributed by atoms with Crippen molar-refractivity contribution in [3.63, 3.8) is 0 Å². The fourth-order valence-corrected chi connectivity index (χ4v) is 2.50. The number of ketones is 1. The lowest BCUT2D eigenvalue weighted by Gasteiger charge is -2.16. The summed E-state index contributed by atoms with van der Waals surface area (Å²) in [5, 5.41) is 26.5. The van der Waals surface area contributed by atoms with Crippen LogP contribution in [0.1, 0.15) is 10.4 Å². The predicted octanol–water partition coefficient (Wildman–Crippen LogP) is 0.256. The minimum atomic E-state index is -1.01. The molecule has 1 saturated heterocycles. The predicted molar refractivity (Wildman–Crippen MR) is 68.3 cm³/mol. The second kappa shape index (κ2) is 5.49. The van der Waals surface area contributed by atoms with E-state index in [1.165, 1.54) is 36.0 Å². The quantitative estimate of drug-likeness (QED) is 0.537. The van der Waals surface area contributed by atoms with Crippen molar-refractivity contribution in [1.82, 2.24) is 4.90 Å². The van der Waals surface area contributed by atoms with E-state index >= 15 is 0 Å². The topological polar surface area (TPSA) is 91.9 Å². The molecule has 1 fully saturated rings. The molecule has 1 aliphatic rings. The van der Waals surface area contributed by atoms with Crippen molar-refractivity contribution in [2.75, 3.05) is 18.8 Å². The van der Waals surface area contributed by atoms with Gasteiger partial charge in [-0.3, -0.25) is 10.2 Å². The first-order valence-electron chi connectivity index (χ1n) is 5.41. The van der Waals surface area contributed by atoms with Crippen LogP contribution in [0, 0.1) is 10.6 Å². The monoisotopic (exact) mass is 267 g/mol. The maximum atomic E-state index is 11.9. The van der Waals surface area contributed by atoms with Gasteiger partial charge in [0.15, 0.2) is 16.6 Å². The average molecular weight is 267 g/mol. The molecule has 1 heterocycles. The van der Waals surface area contributed by atoms with E-state index in [2.05, 4.69) is 0 Å². The maximum absolute atomic E-state index is 11.9. The van der Waals surface area contributed by atoms with Gasteiger partial charge in [0.25, 0.3) is 0 Å². The number of thioether (sulfide) groups is 1. The Hall–Kier alpha value is -1.41. The molecule has 0 radical (unpaired) electrons. The minimum absolute atomic E-state index is 0.0980. The zero-order chi connectivity index (χ0) is 13.1. The Morgan fingerprint density at radius 1 is 1.50 bits per heavy atom. The van der Waals surface area contributed by atoms with Crippen molar-refractivity contribution in [1.29, 1.82) is 5.41 Å². The first kappa shape index (κ1) is 13.0. The smallest absolute Gasteiger partial charge is 0.182 e. The Labute approximate surface area is 108 Å². The van der Waals surface area contributed by atoms with Crippen molar-refractivity contribution in [3.05, 3.63) is 35.0 Å². The third-order valence-corrected chi connectivity index (χ3v) is 3.59. The minimum Gasteiger partial charge on any atom is -0.595 e. The van der Waals surface area contributed by atoms with Gasteiger partial charge in [-0.2, -0.15) is 5.23 Å². The van der Waals surface area contributed by atoms with Gasteiger partial charge in [0.2, 0.25) is 0 Å². The molecule has 1 unspecified atom stereocenters. The van der Waals surface area contributed by atoms with E-state index in [0.29, 0.717) is 17.3 Å². The number of amidine groups is 1. The molecule has 0 spiro atoms. The van der Waals surface area contributed by atoms with Gasteiger partial charge in [-0.1, -0.05) is 11.8 Å². The normalized spacial score (nSPS) is 17.0. The zero-order valence-electron chi connectivity index (χ0n) is 9.55. The Morgan fingerprint density at radius 2 is 2.17 bits per heavy atom. The molecule has 6 nitrogen and oxygen atoms in total. The lowest BCUT2D eigenvalue weighted by Crippen LogP contribution is -2.99. The number of hydrogen-bond donors (Lipinski definition) is 3. The SMILES string of the molecule is N=C1SCCN1CC(=O)c1ccc([NH+]([O-])O)cc1. The zero-order valence-corrected chi connectivity index (χ0v) is 10.4. The van der Waals surface area contributed by atoms with Crippen LogP contribution in [0.15, 0.2) is 24.3 Å². The average Bonchev–Trinajstić information content (AvgIpc) is 2.75. The molecular formula is C11H13N3O3S. The number of quaternary nitrogens is 1. The number of Topliss-reactive ketones (excluding diaryl/α,β-unsaturated/α-hetero) is 1. The van der Waals surface area contributed by atoms with Gasteiger partial charge >= 0.3 is 0 Å². The van der Waals surface area contributed by atoms with Crippen LogP contribution in [0.5, 0.6) is 0 Å². The fourth-order valence-electron chi connectivity index (χ4n) is 1.66. The second-order valence-corrected chi connectivity index (χ2v) is 4.96. The summed E-state index contributed by atoms with van der Waals surface area (Å²) in [6, 6.07) is 5.86. The number of benzene rings is 1. The third kappa shape index (κ3) is 2.88. The van der Waals surface area contributed by atoms with Crippen molar-refractivity contribution >= 4 is 28.4 Å². The van der Waals surface area contributed by atoms with Crippen molar-refractivity contribution in [3.8, 4) is 0 Å². The molecule has 1 aliphatic heterocycles. The van der Waals surface area contributed by atoms with Crippen molar-refractivity contribution < 1.29 is 15.2 Å². The molecular weight excluding hydrogens is 254 g/mol. The highest BCUT2D eigenvalue weighted by Crippen LogP contribution is 2.16. The molecule has 0 amide bonds. The van der Waals surface area contributed by atoms with Crippen LogP contribution in [0.3, 0.4) is 0 Å². The molecule has 0 saturated carbocycles. The van der Waals surface area contributed by atoms with Crippen molar-refractivity contribution in [2.45, 2.75) is 0 Å². The summed E-state index contributed by atoms with van der Waals surface area (Å²) in [6.07, 6.45) is 0. The summed E-state index contributed by atoms with van der Waals surface area (Å²) >= 11 is 1.43. The number of carbonyl (C=O) groups excluding carboxylic acids is 1. The van der Waals surface area contributed by atoms with Gasteiger partial charge in [0.05, 0.1) is 6.54 Å². The fraction of sp³-hybridized carbons (Fsp3) is 0.273. The maximum Gasteiger partial charge on any atom is 0.182 e. The van der Waals surface area contributed by atoms with Crippen LogP contribution < -0.4 is 5.23 Å². The Bertz CT molecular complexity index is 461. The second-order valence-electron chi connectivity index (χ2n) is 3.88. The van der Waals surface area contributed by atoms with Gasteiger partial charge in [-0.15, -0.1) is 0 Å². The van der Waals surface area contributed by atoms with Gasteiger partial charge < -0.3 is 10.1 Å². The van der Waals surface area contributed by atoms with Crippen molar-refractivity contribution in [2.24, 2.45) is 0 Å². The van der Waals surface area contributed by atoms with E-state index in [9.17, 15) is 10.0 Å². The summed E-state index contributed by atoms with van der Waals surface area (Å²) in [4.78, 5) is 13.7. The number of nitrogens with zero attached hydrogens (tertiary/aromatic N) is 1. The molecule has 1 atom stereocenters. The highest BCUT2D eigenvalue weighted by Gasteiger charge is 2.20. The Balaban J connectivity index is 2.02. The van der Waals surface area contributed by atoms with E-state index in [1.807, 2.05) is 0 Å². The van der Waals surface area contributed by atoms with Crippen LogP contribution in [-0.4, -0.2) is 39.9 Å². The lowest BCUT2D eigenvalue weighted by atomic mass is 10.1. The number of rotatable bonds is 4. The van der Waals surface area contributed by atoms with E-state index < -0.39 is 5.23 Å². The number of carbonyl (C=O) groups is 1. The number of nitrogens with one attached hydrogen (secondary N) is 2. The first-order valence-corrected chi connectivity index (χ1v) is 6.39. The van der Waals surface area contributed by atoms with Crippen LogP contribution in [0.4, 0.5) is 5.69 Å². The highest BCUT2D eigenvalue weighted by atomic mass is 32.2. The van der Waals surface area contributed by atoms with Gasteiger partial charge in [-0.25, -0.2) is 5.21 Å². The molecule has 0 aromatic heterocycles. The van der Waals surface area contributed by atoms with Gasteiger partial charge in [0, 0.05) is 30.0 Å². The molecule has 1 aromatic carbocycles. The van der Waals surface area contributed by atoms with E-state index in [4.69, 9.17) is 10.6 Å². The summed E-state index contributed by atoms with van der Waals surface area (Å²) in [6.45, 7) is 0.890. The summed E-state index contributed by atoms with van der Waals surface area (Å²) < 4.78 is 0. The van der Waals surface area contributed by atoms with E-state index in [-0.39, 0.29) is 18.0 Å². The molecule has 0 bridgehead atoms. The van der Waals surface area contributed by atoms with Gasteiger partial charge in [0.1, 0.15) is 0 Å². The Kier molecular flexibility index (Phi) is 3.97. The number of hydrogen-bond acceptors (Lipinski definition) is 5. The highest BCUT2D eigenvalue weighted by molar-refractivity contribution is 8.14. The first-order chi connectivity index (χ1) is 8.58. The lowest BCUT2D eigenvalue weighted by molar-refractivity contribution is -0.991. The molecule has 7 heteroatoms.